The normalized spacial score (nSPS) is 18.4. The van der Waals surface area contributed by atoms with E-state index < -0.39 is 6.10 Å². The third kappa shape index (κ3) is 5.80. The highest BCUT2D eigenvalue weighted by Crippen LogP contribution is 2.48. The first-order chi connectivity index (χ1) is 8.62. The maximum Gasteiger partial charge on any atom is 0.308 e. The number of methoxy groups -OCH3 is 1. The number of hydrogen-bond donors (Lipinski definition) is 2. The van der Waals surface area contributed by atoms with Gasteiger partial charge in [0.1, 0.15) is 0 Å². The monoisotopic (exact) mass is 259 g/mol. The summed E-state index contributed by atoms with van der Waals surface area (Å²) in [7, 11) is 1.71. The summed E-state index contributed by atoms with van der Waals surface area (Å²) in [6.45, 7) is 4.23. The number of ether oxygens (including phenoxy) is 2. The Labute approximate surface area is 109 Å². The first-order valence-electron chi connectivity index (χ1n) is 6.65. The maximum absolute atomic E-state index is 11.1. The summed E-state index contributed by atoms with van der Waals surface area (Å²) in [6, 6.07) is 0. The molecule has 1 rings (SSSR count). The lowest BCUT2D eigenvalue weighted by Gasteiger charge is -2.17. The van der Waals surface area contributed by atoms with Crippen LogP contribution in [-0.4, -0.2) is 50.6 Å². The van der Waals surface area contributed by atoms with Gasteiger partial charge in [0.05, 0.1) is 19.1 Å². The average Bonchev–Trinajstić information content (AvgIpc) is 3.07. The minimum absolute atomic E-state index is 0.0614. The summed E-state index contributed by atoms with van der Waals surface area (Å²) in [5.74, 6) is -0.340. The molecule has 0 aromatic carbocycles. The molecular formula is C13H25NO4. The lowest BCUT2D eigenvalue weighted by atomic mass is 10.0. The van der Waals surface area contributed by atoms with Crippen molar-refractivity contribution >= 4 is 5.97 Å². The van der Waals surface area contributed by atoms with Gasteiger partial charge in [-0.25, -0.2) is 0 Å². The molecule has 0 aromatic rings. The molecule has 0 aromatic heterocycles. The summed E-state index contributed by atoms with van der Waals surface area (Å²) >= 11 is 0. The molecule has 0 spiro atoms. The number of rotatable bonds is 10. The van der Waals surface area contributed by atoms with Gasteiger partial charge in [0.25, 0.3) is 0 Å². The molecular weight excluding hydrogens is 234 g/mol. The lowest BCUT2D eigenvalue weighted by molar-refractivity contribution is -0.145. The number of carbonyl (C=O) groups excluding carboxylic acids is 1. The first-order valence-corrected chi connectivity index (χ1v) is 6.65. The Balaban J connectivity index is 2.08. The Bertz CT molecular complexity index is 253. The van der Waals surface area contributed by atoms with Crippen LogP contribution < -0.4 is 5.32 Å². The van der Waals surface area contributed by atoms with Gasteiger partial charge in [-0.3, -0.25) is 4.79 Å². The van der Waals surface area contributed by atoms with E-state index in [0.29, 0.717) is 18.6 Å². The summed E-state index contributed by atoms with van der Waals surface area (Å²) < 4.78 is 9.87. The van der Waals surface area contributed by atoms with Crippen molar-refractivity contribution in [1.29, 1.82) is 0 Å². The number of esters is 1. The van der Waals surface area contributed by atoms with Gasteiger partial charge in [-0.05, 0) is 31.6 Å². The van der Waals surface area contributed by atoms with Crippen molar-refractivity contribution in [3.05, 3.63) is 0 Å². The molecule has 0 aliphatic heterocycles. The van der Waals surface area contributed by atoms with Crippen molar-refractivity contribution in [2.24, 2.45) is 5.41 Å². The Morgan fingerprint density at radius 2 is 2.22 bits per heavy atom. The van der Waals surface area contributed by atoms with E-state index in [9.17, 15) is 9.90 Å². The molecule has 1 saturated carbocycles. The van der Waals surface area contributed by atoms with Crippen LogP contribution in [0.5, 0.6) is 0 Å². The smallest absolute Gasteiger partial charge is 0.308 e. The highest BCUT2D eigenvalue weighted by atomic mass is 16.5. The molecule has 0 heterocycles. The molecule has 0 radical (unpaired) electrons. The van der Waals surface area contributed by atoms with Gasteiger partial charge in [-0.2, -0.15) is 0 Å². The molecule has 1 fully saturated rings. The van der Waals surface area contributed by atoms with Crippen LogP contribution in [0.2, 0.25) is 0 Å². The predicted molar refractivity (Wildman–Crippen MR) is 68.3 cm³/mol. The van der Waals surface area contributed by atoms with Crippen molar-refractivity contribution in [3.8, 4) is 0 Å². The summed E-state index contributed by atoms with van der Waals surface area (Å²) in [5.41, 5.74) is 0.361. The topological polar surface area (TPSA) is 67.8 Å². The van der Waals surface area contributed by atoms with E-state index in [0.717, 1.165) is 19.6 Å². The molecule has 0 saturated heterocycles. The van der Waals surface area contributed by atoms with Crippen LogP contribution in [0.4, 0.5) is 0 Å². The molecule has 2 N–H and O–H groups in total. The van der Waals surface area contributed by atoms with Crippen molar-refractivity contribution in [2.75, 3.05) is 33.4 Å². The van der Waals surface area contributed by atoms with E-state index in [1.54, 1.807) is 14.0 Å². The van der Waals surface area contributed by atoms with Gasteiger partial charge in [-0.1, -0.05) is 0 Å². The molecule has 1 atom stereocenters. The van der Waals surface area contributed by atoms with Crippen LogP contribution in [0.25, 0.3) is 0 Å². The van der Waals surface area contributed by atoms with Gasteiger partial charge < -0.3 is 19.9 Å². The van der Waals surface area contributed by atoms with Crippen molar-refractivity contribution < 1.29 is 19.4 Å². The quantitative estimate of drug-likeness (QED) is 0.565. The van der Waals surface area contributed by atoms with Crippen LogP contribution in [0, 0.1) is 5.41 Å². The number of aliphatic hydroxyl groups excluding tert-OH is 1. The lowest BCUT2D eigenvalue weighted by Crippen LogP contribution is -2.33. The summed E-state index contributed by atoms with van der Waals surface area (Å²) in [6.07, 6.45) is 2.90. The molecule has 1 unspecified atom stereocenters. The molecule has 1 aliphatic rings. The number of hydrogen-bond acceptors (Lipinski definition) is 5. The minimum Gasteiger partial charge on any atom is -0.466 e. The maximum atomic E-state index is 11.1. The Morgan fingerprint density at radius 3 is 2.78 bits per heavy atom. The van der Waals surface area contributed by atoms with Crippen LogP contribution in [0.3, 0.4) is 0 Å². The van der Waals surface area contributed by atoms with E-state index in [4.69, 9.17) is 9.47 Å². The SMILES string of the molecule is CCOC(=O)CC(O)CNCC1(CCOC)CC1. The highest BCUT2D eigenvalue weighted by molar-refractivity contribution is 5.69. The first kappa shape index (κ1) is 15.4. The average molecular weight is 259 g/mol. The molecule has 0 bridgehead atoms. The van der Waals surface area contributed by atoms with Crippen LogP contribution in [0.15, 0.2) is 0 Å². The Hall–Kier alpha value is -0.650. The fourth-order valence-corrected chi connectivity index (χ4v) is 2.00. The van der Waals surface area contributed by atoms with Gasteiger partial charge in [0.15, 0.2) is 0 Å². The zero-order chi connectivity index (χ0) is 13.4. The van der Waals surface area contributed by atoms with Crippen molar-refractivity contribution in [1.82, 2.24) is 5.32 Å². The number of aliphatic hydroxyl groups is 1. The Morgan fingerprint density at radius 1 is 1.50 bits per heavy atom. The fourth-order valence-electron chi connectivity index (χ4n) is 2.00. The molecule has 18 heavy (non-hydrogen) atoms. The second kappa shape index (κ2) is 7.71. The summed E-state index contributed by atoms with van der Waals surface area (Å²) in [4.78, 5) is 11.1. The molecule has 5 nitrogen and oxygen atoms in total. The van der Waals surface area contributed by atoms with Crippen molar-refractivity contribution in [2.45, 2.75) is 38.7 Å². The molecule has 0 amide bonds. The van der Waals surface area contributed by atoms with E-state index in [-0.39, 0.29) is 12.4 Å². The number of nitrogens with one attached hydrogen (secondary N) is 1. The van der Waals surface area contributed by atoms with Crippen LogP contribution in [0.1, 0.15) is 32.6 Å². The van der Waals surface area contributed by atoms with E-state index in [2.05, 4.69) is 5.32 Å². The van der Waals surface area contributed by atoms with Crippen LogP contribution >= 0.6 is 0 Å². The Kier molecular flexibility index (Phi) is 6.60. The molecule has 5 heteroatoms. The van der Waals surface area contributed by atoms with Gasteiger partial charge in [0, 0.05) is 26.8 Å². The van der Waals surface area contributed by atoms with Gasteiger partial charge in [-0.15, -0.1) is 0 Å². The van der Waals surface area contributed by atoms with E-state index in [1.807, 2.05) is 0 Å². The van der Waals surface area contributed by atoms with E-state index in [1.165, 1.54) is 12.8 Å². The fraction of sp³-hybridized carbons (Fsp3) is 0.923. The van der Waals surface area contributed by atoms with Crippen molar-refractivity contribution in [3.63, 3.8) is 0 Å². The van der Waals surface area contributed by atoms with Crippen LogP contribution in [-0.2, 0) is 14.3 Å². The van der Waals surface area contributed by atoms with Gasteiger partial charge >= 0.3 is 5.97 Å². The largest absolute Gasteiger partial charge is 0.466 e. The zero-order valence-corrected chi connectivity index (χ0v) is 11.4. The van der Waals surface area contributed by atoms with Gasteiger partial charge in [0.2, 0.25) is 0 Å². The predicted octanol–water partition coefficient (Wildman–Crippen LogP) is 0.707. The summed E-state index contributed by atoms with van der Waals surface area (Å²) in [5, 5.41) is 12.9. The number of carbonyl (C=O) groups is 1. The second-order valence-corrected chi connectivity index (χ2v) is 5.04. The third-order valence-electron chi connectivity index (χ3n) is 3.38. The molecule has 106 valence electrons. The van der Waals surface area contributed by atoms with E-state index >= 15 is 0 Å². The zero-order valence-electron chi connectivity index (χ0n) is 11.4. The standard InChI is InChI=1S/C13H25NO4/c1-3-18-12(16)8-11(15)9-14-10-13(4-5-13)6-7-17-2/h11,14-15H,3-10H2,1-2H3. The minimum atomic E-state index is -0.665. The second-order valence-electron chi connectivity index (χ2n) is 5.04. The molecule has 1 aliphatic carbocycles. The third-order valence-corrected chi connectivity index (χ3v) is 3.38. The highest BCUT2D eigenvalue weighted by Gasteiger charge is 2.41.